The van der Waals surface area contributed by atoms with Crippen molar-refractivity contribution in [2.75, 3.05) is 0 Å². The fraction of sp³-hybridized carbons (Fsp3) is 0.120. The van der Waals surface area contributed by atoms with Crippen molar-refractivity contribution in [1.29, 1.82) is 0 Å². The average Bonchev–Trinajstić information content (AvgIpc) is 2.73. The normalized spacial score (nSPS) is 11.1. The Bertz CT molecular complexity index is 1160. The number of aromatic nitrogens is 1. The number of pyridine rings is 1. The molecule has 2 N–H and O–H groups in total. The summed E-state index contributed by atoms with van der Waals surface area (Å²) in [5.74, 6) is 0.343. The largest absolute Gasteiger partial charge is 0.512 e. The Hall–Kier alpha value is -2.81. The number of hydrogen-bond donors (Lipinski definition) is 1. The minimum absolute atomic E-state index is 0. The molecule has 0 fully saturated rings. The van der Waals surface area contributed by atoms with Crippen molar-refractivity contribution in [1.82, 2.24) is 4.98 Å². The van der Waals surface area contributed by atoms with Crippen molar-refractivity contribution >= 4 is 27.3 Å². The number of hydrogen-bond acceptors (Lipinski definition) is 2. The number of nitrogens with zero attached hydrogens (tertiary/aromatic N) is 1. The first-order chi connectivity index (χ1) is 13.5. The minimum atomic E-state index is 0. The third-order valence-electron chi connectivity index (χ3n) is 4.72. The second-order valence-electron chi connectivity index (χ2n) is 6.61. The minimum Gasteiger partial charge on any atom is -0.512 e. The van der Waals surface area contributed by atoms with Crippen LogP contribution in [0.5, 0.6) is 0 Å². The second-order valence-corrected chi connectivity index (χ2v) is 6.61. The Morgan fingerprint density at radius 3 is 2.21 bits per heavy atom. The summed E-state index contributed by atoms with van der Waals surface area (Å²) in [4.78, 5) is 13.2. The fourth-order valence-corrected chi connectivity index (χ4v) is 2.95. The number of carbonyl (C=O) groups excluding carboxylic acids is 1. The van der Waals surface area contributed by atoms with Crippen molar-refractivity contribution in [3.63, 3.8) is 0 Å². The molecule has 1 heterocycles. The number of ketones is 1. The molecule has 4 rings (SSSR count). The van der Waals surface area contributed by atoms with E-state index in [4.69, 9.17) is 9.90 Å². The summed E-state index contributed by atoms with van der Waals surface area (Å²) >= 11 is 0. The Labute approximate surface area is 184 Å². The third-order valence-corrected chi connectivity index (χ3v) is 4.72. The van der Waals surface area contributed by atoms with Crippen LogP contribution in [0.1, 0.15) is 20.8 Å². The summed E-state index contributed by atoms with van der Waals surface area (Å²) in [7, 11) is 0. The maximum Gasteiger partial charge on any atom is 0.319 e. The van der Waals surface area contributed by atoms with Crippen molar-refractivity contribution in [2.45, 2.75) is 20.8 Å². The van der Waals surface area contributed by atoms with Gasteiger partial charge in [-0.05, 0) is 47.2 Å². The molecule has 0 bridgehead atoms. The van der Waals surface area contributed by atoms with E-state index in [1.54, 1.807) is 6.92 Å². The Balaban J connectivity index is 0.000000289. The van der Waals surface area contributed by atoms with E-state index in [9.17, 15) is 0 Å². The molecule has 0 amide bonds. The van der Waals surface area contributed by atoms with Crippen LogP contribution in [0.4, 0.5) is 0 Å². The zero-order chi connectivity index (χ0) is 20.1. The number of aliphatic hydroxyl groups excluding tert-OH is 1. The quantitative estimate of drug-likeness (QED) is 0.103. The van der Waals surface area contributed by atoms with Crippen molar-refractivity contribution in [2.24, 2.45) is 0 Å². The van der Waals surface area contributed by atoms with Crippen LogP contribution in [0, 0.1) is 6.07 Å². The van der Waals surface area contributed by atoms with Gasteiger partial charge in [-0.3, -0.25) is 4.79 Å². The number of benzene rings is 3. The van der Waals surface area contributed by atoms with Gasteiger partial charge in [0.1, 0.15) is 5.76 Å². The van der Waals surface area contributed by atoms with Gasteiger partial charge in [0.05, 0.1) is 12.5 Å². The summed E-state index contributed by atoms with van der Waals surface area (Å²) in [6.07, 6.45) is 1.88. The summed E-state index contributed by atoms with van der Waals surface area (Å²) < 4.78 is 0. The van der Waals surface area contributed by atoms with Crippen LogP contribution in [0.15, 0.2) is 84.3 Å². The van der Waals surface area contributed by atoms with Gasteiger partial charge in [0.15, 0.2) is 0 Å². The first-order valence-electron chi connectivity index (χ1n) is 9.12. The van der Waals surface area contributed by atoms with Gasteiger partial charge in [0, 0.05) is 26.3 Å². The molecule has 1 radical (unpaired) electrons. The number of allylic oxidation sites excluding steroid dienone is 2. The third kappa shape index (κ3) is 5.17. The van der Waals surface area contributed by atoms with Crippen molar-refractivity contribution < 1.29 is 30.0 Å². The zero-order valence-corrected chi connectivity index (χ0v) is 19.0. The van der Waals surface area contributed by atoms with Crippen molar-refractivity contribution in [3.05, 3.63) is 90.3 Å². The number of fused-ring (bicyclic) bond motifs is 3. The molecule has 4 aromatic rings. The second kappa shape index (κ2) is 10.1. The van der Waals surface area contributed by atoms with E-state index in [1.165, 1.54) is 35.4 Å². The molecule has 0 aliphatic rings. The van der Waals surface area contributed by atoms with Crippen LogP contribution in [0.25, 0.3) is 32.8 Å². The molecular weight excluding hydrogens is 538 g/mol. The summed E-state index contributed by atoms with van der Waals surface area (Å²) in [5, 5.41) is 13.6. The molecule has 0 spiro atoms. The summed E-state index contributed by atoms with van der Waals surface area (Å²) in [6.45, 7) is 4.73. The monoisotopic (exact) mass is 562 g/mol. The molecule has 0 unspecified atom stereocenters. The van der Waals surface area contributed by atoms with E-state index in [0.717, 1.165) is 11.3 Å². The molecule has 1 aromatic heterocycles. The van der Waals surface area contributed by atoms with Gasteiger partial charge in [0.25, 0.3) is 0 Å². The van der Waals surface area contributed by atoms with Gasteiger partial charge in [-0.2, -0.15) is 0 Å². The van der Waals surface area contributed by atoms with Crippen LogP contribution in [-0.4, -0.2) is 20.7 Å². The van der Waals surface area contributed by atoms with Crippen LogP contribution >= 0.6 is 0 Å². The standard InChI is InChI=1S/C19H12N.C6H10O2.Ir/c1-2-7-15(8-3-1)19-18-11-10-14-6-4-5-9-16(14)17(18)12-13-20-19;1-4(5(2)7)6(3)8;/h1-7,9-13H;7H,1-3H3;/q-1;;/p+1/b;5-4-;. The molecule has 29 heavy (non-hydrogen) atoms. The van der Waals surface area contributed by atoms with E-state index < -0.39 is 0 Å². The topological polar surface area (TPSA) is 54.5 Å². The average molecular weight is 562 g/mol. The van der Waals surface area contributed by atoms with Crippen molar-refractivity contribution in [3.8, 4) is 11.3 Å². The smallest absolute Gasteiger partial charge is 0.319 e. The van der Waals surface area contributed by atoms with Crippen LogP contribution in [0.2, 0.25) is 0 Å². The van der Waals surface area contributed by atoms with Crippen LogP contribution in [0.3, 0.4) is 0 Å². The SMILES string of the molecule is CC(=[OH+])/C(C)=C(/C)O.[Ir].[c-]1ccccc1-c1nccc2c1ccc1ccccc12. The molecule has 149 valence electrons. The summed E-state index contributed by atoms with van der Waals surface area (Å²) in [5.41, 5.74) is 2.58. The number of rotatable bonds is 2. The van der Waals surface area contributed by atoms with E-state index >= 15 is 0 Å². The van der Waals surface area contributed by atoms with Gasteiger partial charge in [-0.1, -0.05) is 36.4 Å². The van der Waals surface area contributed by atoms with Gasteiger partial charge >= 0.3 is 5.78 Å². The fourth-order valence-electron chi connectivity index (χ4n) is 2.95. The molecule has 0 atom stereocenters. The molecule has 4 heteroatoms. The Morgan fingerprint density at radius 2 is 1.59 bits per heavy atom. The van der Waals surface area contributed by atoms with Crippen LogP contribution in [-0.2, 0) is 20.1 Å². The zero-order valence-electron chi connectivity index (χ0n) is 16.6. The van der Waals surface area contributed by atoms with Gasteiger partial charge in [-0.25, -0.2) is 0 Å². The van der Waals surface area contributed by atoms with E-state index in [1.807, 2.05) is 24.4 Å². The number of aliphatic hydroxyl groups is 1. The van der Waals surface area contributed by atoms with E-state index in [0.29, 0.717) is 5.57 Å². The molecule has 3 nitrogen and oxygen atoms in total. The molecular formula is C25H23IrNO2. The first-order valence-corrected chi connectivity index (χ1v) is 9.12. The maximum absolute atomic E-state index is 8.69. The van der Waals surface area contributed by atoms with Gasteiger partial charge < -0.3 is 10.1 Å². The summed E-state index contributed by atoms with van der Waals surface area (Å²) in [6, 6.07) is 26.1. The first kappa shape index (κ1) is 22.5. The predicted molar refractivity (Wildman–Crippen MR) is 117 cm³/mol. The van der Waals surface area contributed by atoms with Gasteiger partial charge in [0.2, 0.25) is 0 Å². The molecule has 0 saturated carbocycles. The Kier molecular flexibility index (Phi) is 7.83. The van der Waals surface area contributed by atoms with Gasteiger partial charge in [-0.15, -0.1) is 35.9 Å². The van der Waals surface area contributed by atoms with E-state index in [-0.39, 0.29) is 31.6 Å². The van der Waals surface area contributed by atoms with Crippen LogP contribution < -0.4 is 0 Å². The van der Waals surface area contributed by atoms with E-state index in [2.05, 4.69) is 59.6 Å². The molecule has 0 aliphatic carbocycles. The molecule has 0 saturated heterocycles. The predicted octanol–water partition coefficient (Wildman–Crippen LogP) is 6.26. The Morgan fingerprint density at radius 1 is 0.862 bits per heavy atom. The maximum atomic E-state index is 8.69. The molecule has 0 aliphatic heterocycles. The molecule has 3 aromatic carbocycles.